The van der Waals surface area contributed by atoms with Crippen LogP contribution < -0.4 is 11.1 Å². The van der Waals surface area contributed by atoms with E-state index in [2.05, 4.69) is 5.32 Å². The Labute approximate surface area is 155 Å². The normalized spacial score (nSPS) is 24.1. The highest BCUT2D eigenvalue weighted by molar-refractivity contribution is 8.49. The van der Waals surface area contributed by atoms with Crippen molar-refractivity contribution in [3.63, 3.8) is 0 Å². The second-order valence-electron chi connectivity index (χ2n) is 6.31. The molecule has 0 saturated carbocycles. The third-order valence-corrected chi connectivity index (χ3v) is 7.73. The van der Waals surface area contributed by atoms with Crippen LogP contribution in [0.4, 0.5) is 4.79 Å². The molecule has 1 aromatic carbocycles. The lowest BCUT2D eigenvalue weighted by Gasteiger charge is -2.30. The van der Waals surface area contributed by atoms with E-state index in [1.165, 1.54) is 6.07 Å². The first-order valence-corrected chi connectivity index (χ1v) is 9.95. The molecule has 27 heavy (non-hydrogen) atoms. The third-order valence-electron chi connectivity index (χ3n) is 4.82. The maximum atomic E-state index is 13.1. The van der Waals surface area contributed by atoms with Crippen molar-refractivity contribution in [3.8, 4) is 0 Å². The maximum Gasteiger partial charge on any atom is 0.270 e. The van der Waals surface area contributed by atoms with Crippen LogP contribution in [0, 0.1) is 0 Å². The fourth-order valence-corrected chi connectivity index (χ4v) is 5.92. The average Bonchev–Trinajstić information content (AvgIpc) is 3.22. The molecule has 3 aliphatic heterocycles. The van der Waals surface area contributed by atoms with Crippen LogP contribution in [0.5, 0.6) is 0 Å². The van der Waals surface area contributed by atoms with Gasteiger partial charge in [0.25, 0.3) is 17.1 Å². The van der Waals surface area contributed by atoms with Gasteiger partial charge in [0.15, 0.2) is 0 Å². The van der Waals surface area contributed by atoms with Crippen LogP contribution in [0.15, 0.2) is 46.1 Å². The molecular formula is C18H15N3O5S. The summed E-state index contributed by atoms with van der Waals surface area (Å²) in [7, 11) is -2.39. The zero-order valence-corrected chi connectivity index (χ0v) is 14.8. The molecule has 1 unspecified atom stereocenters. The fourth-order valence-electron chi connectivity index (χ4n) is 3.54. The number of carbonyl (C=O) groups excluding carboxylic acids is 5. The Balaban J connectivity index is 1.82. The summed E-state index contributed by atoms with van der Waals surface area (Å²) in [6.07, 6.45) is 3.47. The van der Waals surface area contributed by atoms with Gasteiger partial charge in [-0.15, -0.1) is 0 Å². The Hall–Kier alpha value is -3.20. The highest BCUT2D eigenvalue weighted by atomic mass is 32.3. The quantitative estimate of drug-likeness (QED) is 0.744. The lowest BCUT2D eigenvalue weighted by molar-refractivity contribution is -0.136. The molecule has 8 nitrogen and oxygen atoms in total. The maximum absolute atomic E-state index is 13.1. The lowest BCUT2D eigenvalue weighted by atomic mass is 10.0. The molecule has 1 aromatic rings. The first-order valence-electron chi connectivity index (χ1n) is 8.19. The molecule has 9 heteroatoms. The van der Waals surface area contributed by atoms with E-state index in [1.807, 2.05) is 0 Å². The molecule has 0 radical (unpaired) electrons. The van der Waals surface area contributed by atoms with Crippen LogP contribution in [-0.2, 0) is 9.59 Å². The third kappa shape index (κ3) is 2.35. The highest BCUT2D eigenvalue weighted by Crippen LogP contribution is 2.62. The molecule has 3 aliphatic rings. The van der Waals surface area contributed by atoms with Gasteiger partial charge in [0.2, 0.25) is 11.8 Å². The van der Waals surface area contributed by atoms with E-state index in [0.717, 1.165) is 4.90 Å². The highest BCUT2D eigenvalue weighted by Gasteiger charge is 2.47. The van der Waals surface area contributed by atoms with E-state index in [0.29, 0.717) is 4.90 Å². The van der Waals surface area contributed by atoms with Gasteiger partial charge in [-0.25, -0.2) is 0 Å². The molecule has 1 fully saturated rings. The van der Waals surface area contributed by atoms with Crippen molar-refractivity contribution >= 4 is 38.9 Å². The summed E-state index contributed by atoms with van der Waals surface area (Å²) in [5.74, 6) is -2.38. The number of piperidine rings is 1. The van der Waals surface area contributed by atoms with Crippen LogP contribution in [0.25, 0.3) is 0 Å². The summed E-state index contributed by atoms with van der Waals surface area (Å²) < 4.78 is 0. The van der Waals surface area contributed by atoms with Crippen LogP contribution in [-0.4, -0.2) is 39.8 Å². The van der Waals surface area contributed by atoms with Gasteiger partial charge in [0.1, 0.15) is 6.04 Å². The molecule has 1 saturated heterocycles. The smallest absolute Gasteiger partial charge is 0.270 e. The van der Waals surface area contributed by atoms with Crippen molar-refractivity contribution in [2.24, 2.45) is 5.73 Å². The van der Waals surface area contributed by atoms with Crippen molar-refractivity contribution in [3.05, 3.63) is 52.3 Å². The Bertz CT molecular complexity index is 985. The van der Waals surface area contributed by atoms with E-state index in [4.69, 9.17) is 5.73 Å². The average molecular weight is 385 g/mol. The number of imide groups is 2. The molecule has 4 rings (SSSR count). The van der Waals surface area contributed by atoms with Gasteiger partial charge in [0, 0.05) is 11.3 Å². The van der Waals surface area contributed by atoms with Gasteiger partial charge in [-0.1, -0.05) is 28.2 Å². The number of nitrogens with two attached hydrogens (primary N) is 1. The Kier molecular flexibility index (Phi) is 3.77. The summed E-state index contributed by atoms with van der Waals surface area (Å²) in [5, 5.41) is 4.86. The zero-order valence-electron chi connectivity index (χ0n) is 14.0. The summed E-state index contributed by atoms with van der Waals surface area (Å²) in [6, 6.07) is 3.63. The summed E-state index contributed by atoms with van der Waals surface area (Å²) in [4.78, 5) is 63.0. The molecule has 1 atom stereocenters. The van der Waals surface area contributed by atoms with Crippen molar-refractivity contribution in [1.29, 1.82) is 0 Å². The van der Waals surface area contributed by atoms with Gasteiger partial charge < -0.3 is 5.73 Å². The number of hydrogen-bond donors (Lipinski definition) is 2. The summed E-state index contributed by atoms with van der Waals surface area (Å²) >= 11 is 0. The minimum Gasteiger partial charge on any atom is -0.361 e. The van der Waals surface area contributed by atoms with E-state index < -0.39 is 44.9 Å². The van der Waals surface area contributed by atoms with Gasteiger partial charge in [0.05, 0.1) is 11.1 Å². The Morgan fingerprint density at radius 3 is 2.44 bits per heavy atom. The Morgan fingerprint density at radius 2 is 1.81 bits per heavy atom. The topological polar surface area (TPSA) is 127 Å². The number of nitrogens with one attached hydrogen (secondary N) is 1. The predicted molar refractivity (Wildman–Crippen MR) is 96.8 cm³/mol. The monoisotopic (exact) mass is 385 g/mol. The van der Waals surface area contributed by atoms with E-state index >= 15 is 0 Å². The number of carbonyl (C=O) groups is 5. The molecule has 0 aliphatic carbocycles. The van der Waals surface area contributed by atoms with E-state index in [-0.39, 0.29) is 24.0 Å². The van der Waals surface area contributed by atoms with Crippen LogP contribution in [0.1, 0.15) is 33.6 Å². The fraction of sp³-hybridized carbons (Fsp3) is 0.167. The van der Waals surface area contributed by atoms with Crippen molar-refractivity contribution in [1.82, 2.24) is 10.2 Å². The number of benzene rings is 1. The molecule has 138 valence electrons. The molecule has 0 spiro atoms. The number of allylic oxidation sites excluding steroid dienone is 2. The van der Waals surface area contributed by atoms with E-state index in [1.54, 1.807) is 35.1 Å². The molecule has 0 bridgehead atoms. The van der Waals surface area contributed by atoms with Gasteiger partial charge in [-0.05, 0) is 29.4 Å². The minimum atomic E-state index is -2.39. The van der Waals surface area contributed by atoms with E-state index in [9.17, 15) is 24.0 Å². The second-order valence-corrected chi connectivity index (χ2v) is 9.12. The standard InChI is InChI=1S/C18H15N3O5S/c19-18(26)27(8-1-2-9-27)12-5-3-4-10-14(12)17(25)21(16(10)24)11-6-7-13(22)20-15(11)23/h1-5,8-9,11H,6-7H2,(H2,19,26)(H,20,22,23). The predicted octanol–water partition coefficient (Wildman–Crippen LogP) is 1.37. The number of nitrogens with zero attached hydrogens (tertiary/aromatic N) is 1. The summed E-state index contributed by atoms with van der Waals surface area (Å²) in [5.41, 5.74) is 5.86. The zero-order chi connectivity index (χ0) is 19.3. The number of rotatable bonds is 2. The largest absolute Gasteiger partial charge is 0.361 e. The first kappa shape index (κ1) is 17.2. The van der Waals surface area contributed by atoms with Crippen LogP contribution >= 0.6 is 10.0 Å². The number of fused-ring (bicyclic) bond motifs is 1. The van der Waals surface area contributed by atoms with Gasteiger partial charge in [-0.2, -0.15) is 0 Å². The minimum absolute atomic E-state index is 0.0403. The second kappa shape index (κ2) is 5.92. The molecule has 3 heterocycles. The molecular weight excluding hydrogens is 370 g/mol. The van der Waals surface area contributed by atoms with Crippen LogP contribution in [0.2, 0.25) is 0 Å². The van der Waals surface area contributed by atoms with Crippen molar-refractivity contribution in [2.45, 2.75) is 23.8 Å². The van der Waals surface area contributed by atoms with Crippen molar-refractivity contribution < 1.29 is 24.0 Å². The molecule has 0 aromatic heterocycles. The number of amides is 5. The molecule has 3 N–H and O–H groups in total. The molecule has 5 amide bonds. The lowest BCUT2D eigenvalue weighted by Crippen LogP contribution is -2.54. The van der Waals surface area contributed by atoms with Crippen LogP contribution in [0.3, 0.4) is 0 Å². The number of hydrogen-bond acceptors (Lipinski definition) is 5. The Morgan fingerprint density at radius 1 is 1.11 bits per heavy atom. The number of primary amides is 1. The summed E-state index contributed by atoms with van der Waals surface area (Å²) in [6.45, 7) is 0. The van der Waals surface area contributed by atoms with Gasteiger partial charge in [-0.3, -0.25) is 34.2 Å². The van der Waals surface area contributed by atoms with Gasteiger partial charge >= 0.3 is 0 Å². The first-order chi connectivity index (χ1) is 12.9. The SMILES string of the molecule is NC(=O)S1(c2cccc3c2C(=O)N(C2CCC(=O)NC2=O)C3=O)C=CC=C1. The van der Waals surface area contributed by atoms with Crippen molar-refractivity contribution in [2.75, 3.05) is 0 Å².